The summed E-state index contributed by atoms with van der Waals surface area (Å²) in [4.78, 5) is 0.878. The van der Waals surface area contributed by atoms with Crippen molar-refractivity contribution in [2.75, 3.05) is 0 Å². The van der Waals surface area contributed by atoms with E-state index < -0.39 is 6.10 Å². The molecule has 1 unspecified atom stereocenters. The Morgan fingerprint density at radius 3 is 2.71 bits per heavy atom. The maximum atomic E-state index is 10.4. The van der Waals surface area contributed by atoms with E-state index in [1.165, 1.54) is 11.3 Å². The average Bonchev–Trinajstić information content (AvgIpc) is 2.62. The Labute approximate surface area is 131 Å². The molecule has 1 nitrogen and oxygen atoms in total. The first-order valence-electron chi connectivity index (χ1n) is 4.88. The minimum Gasteiger partial charge on any atom is -0.383 e. The van der Waals surface area contributed by atoms with Gasteiger partial charge in [0.1, 0.15) is 6.10 Å². The van der Waals surface area contributed by atoms with Gasteiger partial charge in [-0.25, -0.2) is 0 Å². The maximum absolute atomic E-state index is 10.4. The van der Waals surface area contributed by atoms with Crippen molar-refractivity contribution in [3.8, 4) is 0 Å². The molecule has 2 rings (SSSR count). The summed E-state index contributed by atoms with van der Waals surface area (Å²) in [5.74, 6) is 0. The average molecular weight is 444 g/mol. The lowest BCUT2D eigenvalue weighted by molar-refractivity contribution is 0.223. The van der Waals surface area contributed by atoms with Crippen LogP contribution in [0.15, 0.2) is 28.7 Å². The van der Waals surface area contributed by atoms with Crippen molar-refractivity contribution in [1.29, 1.82) is 0 Å². The molecule has 1 aromatic carbocycles. The van der Waals surface area contributed by atoms with Gasteiger partial charge in [0.15, 0.2) is 0 Å². The van der Waals surface area contributed by atoms with Crippen LogP contribution in [0.2, 0.25) is 4.34 Å². The third-order valence-corrected chi connectivity index (χ3v) is 5.48. The molecule has 0 spiro atoms. The number of halogens is 3. The Bertz CT molecular complexity index is 536. The molecule has 0 aliphatic carbocycles. The predicted molar refractivity (Wildman–Crippen MR) is 85.0 cm³/mol. The summed E-state index contributed by atoms with van der Waals surface area (Å²) in [6.45, 7) is 1.95. The van der Waals surface area contributed by atoms with E-state index in [1.54, 1.807) is 0 Å². The highest BCUT2D eigenvalue weighted by atomic mass is 127. The lowest BCUT2D eigenvalue weighted by Gasteiger charge is -2.11. The lowest BCUT2D eigenvalue weighted by atomic mass is 10.1. The van der Waals surface area contributed by atoms with Crippen LogP contribution in [0, 0.1) is 10.5 Å². The Balaban J connectivity index is 2.42. The molecule has 1 N–H and O–H groups in total. The van der Waals surface area contributed by atoms with Crippen molar-refractivity contribution in [2.45, 2.75) is 13.0 Å². The quantitative estimate of drug-likeness (QED) is 0.636. The van der Waals surface area contributed by atoms with Crippen LogP contribution >= 0.6 is 61.5 Å². The van der Waals surface area contributed by atoms with Crippen LogP contribution in [0.3, 0.4) is 0 Å². The minimum absolute atomic E-state index is 0.615. The van der Waals surface area contributed by atoms with Gasteiger partial charge < -0.3 is 5.11 Å². The fourth-order valence-electron chi connectivity index (χ4n) is 1.50. The van der Waals surface area contributed by atoms with Gasteiger partial charge in [0.25, 0.3) is 0 Å². The van der Waals surface area contributed by atoms with E-state index in [4.69, 9.17) is 11.6 Å². The van der Waals surface area contributed by atoms with Gasteiger partial charge in [-0.1, -0.05) is 27.5 Å². The highest BCUT2D eigenvalue weighted by Crippen LogP contribution is 2.36. The zero-order chi connectivity index (χ0) is 12.6. The third kappa shape index (κ3) is 3.04. The summed E-state index contributed by atoms with van der Waals surface area (Å²) in [5.41, 5.74) is 1.91. The summed E-state index contributed by atoms with van der Waals surface area (Å²) in [6, 6.07) is 7.82. The van der Waals surface area contributed by atoms with Crippen molar-refractivity contribution in [3.63, 3.8) is 0 Å². The summed E-state index contributed by atoms with van der Waals surface area (Å²) in [7, 11) is 0. The van der Waals surface area contributed by atoms with Crippen LogP contribution in [-0.4, -0.2) is 5.11 Å². The van der Waals surface area contributed by atoms with Gasteiger partial charge in [0, 0.05) is 18.5 Å². The van der Waals surface area contributed by atoms with Crippen molar-refractivity contribution in [2.24, 2.45) is 0 Å². The first-order chi connectivity index (χ1) is 7.99. The van der Waals surface area contributed by atoms with E-state index in [-0.39, 0.29) is 0 Å². The molecule has 0 saturated carbocycles. The van der Waals surface area contributed by atoms with E-state index in [9.17, 15) is 5.11 Å². The molecule has 2 aromatic rings. The second-order valence-electron chi connectivity index (χ2n) is 3.67. The van der Waals surface area contributed by atoms with Gasteiger partial charge in [-0.15, -0.1) is 11.3 Å². The fraction of sp³-hybridized carbons (Fsp3) is 0.167. The standard InChI is InChI=1S/C12H9BrClIOS/c1-6-4-10(17-12(6)14)11(16)8-5-7(13)2-3-9(8)15/h2-5,11,16H,1H3. The molecule has 90 valence electrons. The van der Waals surface area contributed by atoms with E-state index in [1.807, 2.05) is 31.2 Å². The van der Waals surface area contributed by atoms with Crippen molar-refractivity contribution < 1.29 is 5.11 Å². The van der Waals surface area contributed by atoms with Crippen LogP contribution in [0.4, 0.5) is 0 Å². The molecular weight excluding hydrogens is 434 g/mol. The van der Waals surface area contributed by atoms with Gasteiger partial charge in [-0.05, 0) is 59.3 Å². The SMILES string of the molecule is Cc1cc(C(O)c2cc(Br)ccc2I)sc1Cl. The van der Waals surface area contributed by atoms with Crippen molar-refractivity contribution in [1.82, 2.24) is 0 Å². The van der Waals surface area contributed by atoms with Crippen molar-refractivity contribution in [3.05, 3.63) is 52.6 Å². The predicted octanol–water partition coefficient (Wildman–Crippen LogP) is 5.16. The Morgan fingerprint density at radius 2 is 2.12 bits per heavy atom. The second-order valence-corrected chi connectivity index (χ2v) is 7.44. The minimum atomic E-state index is -0.615. The molecule has 1 heterocycles. The van der Waals surface area contributed by atoms with Crippen LogP contribution in [0.5, 0.6) is 0 Å². The van der Waals surface area contributed by atoms with Crippen LogP contribution in [-0.2, 0) is 0 Å². The molecule has 0 bridgehead atoms. The zero-order valence-corrected chi connectivity index (χ0v) is 14.2. The molecule has 0 saturated heterocycles. The lowest BCUT2D eigenvalue weighted by Crippen LogP contribution is -1.99. The van der Waals surface area contributed by atoms with E-state index in [0.29, 0.717) is 0 Å². The van der Waals surface area contributed by atoms with Crippen LogP contribution < -0.4 is 0 Å². The number of rotatable bonds is 2. The van der Waals surface area contributed by atoms with Gasteiger partial charge in [-0.2, -0.15) is 0 Å². The largest absolute Gasteiger partial charge is 0.383 e. The molecule has 0 radical (unpaired) electrons. The summed E-state index contributed by atoms with van der Waals surface area (Å²) in [6.07, 6.45) is -0.615. The Kier molecular flexibility index (Phi) is 4.52. The number of aliphatic hydroxyl groups is 1. The molecule has 5 heteroatoms. The van der Waals surface area contributed by atoms with E-state index in [0.717, 1.165) is 28.4 Å². The molecule has 1 aromatic heterocycles. The Morgan fingerprint density at radius 1 is 1.41 bits per heavy atom. The molecule has 0 fully saturated rings. The molecule has 0 aliphatic heterocycles. The number of aryl methyl sites for hydroxylation is 1. The van der Waals surface area contributed by atoms with Gasteiger partial charge >= 0.3 is 0 Å². The van der Waals surface area contributed by atoms with E-state index in [2.05, 4.69) is 38.5 Å². The number of thiophene rings is 1. The van der Waals surface area contributed by atoms with Gasteiger partial charge in [0.2, 0.25) is 0 Å². The van der Waals surface area contributed by atoms with Gasteiger partial charge in [-0.3, -0.25) is 0 Å². The Hall–Kier alpha value is 0.380. The van der Waals surface area contributed by atoms with E-state index >= 15 is 0 Å². The first-order valence-corrected chi connectivity index (χ1v) is 7.94. The highest BCUT2D eigenvalue weighted by molar-refractivity contribution is 14.1. The highest BCUT2D eigenvalue weighted by Gasteiger charge is 2.17. The molecular formula is C12H9BrClIOS. The summed E-state index contributed by atoms with van der Waals surface area (Å²) < 4.78 is 2.75. The first kappa shape index (κ1) is 13.8. The topological polar surface area (TPSA) is 20.2 Å². The smallest absolute Gasteiger partial charge is 0.114 e. The number of aliphatic hydroxyl groups excluding tert-OH is 1. The van der Waals surface area contributed by atoms with Crippen molar-refractivity contribution >= 4 is 61.5 Å². The molecule has 0 amide bonds. The number of hydrogen-bond donors (Lipinski definition) is 1. The molecule has 17 heavy (non-hydrogen) atoms. The van der Waals surface area contributed by atoms with Gasteiger partial charge in [0.05, 0.1) is 4.34 Å². The third-order valence-electron chi connectivity index (χ3n) is 2.40. The normalized spacial score (nSPS) is 12.8. The number of hydrogen-bond acceptors (Lipinski definition) is 2. The fourth-order valence-corrected chi connectivity index (χ4v) is 3.73. The molecule has 1 atom stereocenters. The monoisotopic (exact) mass is 442 g/mol. The molecule has 0 aliphatic rings. The summed E-state index contributed by atoms with van der Waals surface area (Å²) in [5, 5.41) is 10.4. The number of benzene rings is 1. The van der Waals surface area contributed by atoms with Crippen LogP contribution in [0.1, 0.15) is 22.1 Å². The summed E-state index contributed by atoms with van der Waals surface area (Å²) >= 11 is 13.1. The second kappa shape index (κ2) is 5.57. The maximum Gasteiger partial charge on any atom is 0.114 e. The zero-order valence-electron chi connectivity index (χ0n) is 8.88. The van der Waals surface area contributed by atoms with Crippen LogP contribution in [0.25, 0.3) is 0 Å².